The largest absolute Gasteiger partial charge is 0.482 e. The van der Waals surface area contributed by atoms with Crippen molar-refractivity contribution in [3.05, 3.63) is 58.9 Å². The third-order valence-electron chi connectivity index (χ3n) is 4.87. The number of alkyl halides is 3. The van der Waals surface area contributed by atoms with Gasteiger partial charge in [-0.2, -0.15) is 13.2 Å². The molecular formula is C20H19F4NO5S. The fourth-order valence-electron chi connectivity index (χ4n) is 3.52. The van der Waals surface area contributed by atoms with Crippen molar-refractivity contribution in [1.29, 1.82) is 0 Å². The van der Waals surface area contributed by atoms with Crippen LogP contribution in [0.15, 0.2) is 41.3 Å². The van der Waals surface area contributed by atoms with E-state index < -0.39 is 51.1 Å². The standard InChI is InChI=1S/C20H19F4NO5S/c21-13-8-12(20(22,23)24)9-14(10-13)31(28,29)25-17-6-2-1-4-16-15(17)5-3-7-18(16)30-11-19(26)27/h3,5,7-10,17,25H,1-2,4,6,11H2,(H,26,27). The van der Waals surface area contributed by atoms with E-state index in [1.165, 1.54) is 0 Å². The zero-order valence-electron chi connectivity index (χ0n) is 16.1. The molecule has 11 heteroatoms. The van der Waals surface area contributed by atoms with Crippen molar-refractivity contribution in [1.82, 2.24) is 4.72 Å². The lowest BCUT2D eigenvalue weighted by Crippen LogP contribution is -2.29. The van der Waals surface area contributed by atoms with E-state index in [1.54, 1.807) is 18.2 Å². The smallest absolute Gasteiger partial charge is 0.416 e. The number of halogens is 4. The average Bonchev–Trinajstić information content (AvgIpc) is 2.87. The molecule has 0 radical (unpaired) electrons. The van der Waals surface area contributed by atoms with Crippen molar-refractivity contribution in [2.45, 2.75) is 42.8 Å². The Balaban J connectivity index is 1.95. The minimum Gasteiger partial charge on any atom is -0.482 e. The van der Waals surface area contributed by atoms with Crippen LogP contribution in [0.4, 0.5) is 17.6 Å². The molecule has 6 nitrogen and oxygen atoms in total. The number of sulfonamides is 1. The summed E-state index contributed by atoms with van der Waals surface area (Å²) >= 11 is 0. The number of carboxylic acid groups (broad SMARTS) is 1. The van der Waals surface area contributed by atoms with E-state index in [9.17, 15) is 30.8 Å². The summed E-state index contributed by atoms with van der Waals surface area (Å²) in [6.07, 6.45) is -2.75. The van der Waals surface area contributed by atoms with Crippen LogP contribution in [0.5, 0.6) is 5.75 Å². The average molecular weight is 461 g/mol. The van der Waals surface area contributed by atoms with Gasteiger partial charge in [0, 0.05) is 6.04 Å². The lowest BCUT2D eigenvalue weighted by Gasteiger charge is -2.21. The Hall–Kier alpha value is -2.66. The summed E-state index contributed by atoms with van der Waals surface area (Å²) in [5, 5.41) is 8.84. The maximum absolute atomic E-state index is 13.7. The second-order valence-electron chi connectivity index (χ2n) is 7.10. The molecule has 2 aromatic carbocycles. The van der Waals surface area contributed by atoms with Crippen molar-refractivity contribution in [3.63, 3.8) is 0 Å². The van der Waals surface area contributed by atoms with Crippen molar-refractivity contribution in [2.24, 2.45) is 0 Å². The number of fused-ring (bicyclic) bond motifs is 1. The predicted octanol–water partition coefficient (Wildman–Crippen LogP) is 4.05. The third-order valence-corrected chi connectivity index (χ3v) is 6.32. The zero-order valence-corrected chi connectivity index (χ0v) is 16.9. The van der Waals surface area contributed by atoms with E-state index in [1.807, 2.05) is 0 Å². The van der Waals surface area contributed by atoms with Crippen LogP contribution < -0.4 is 9.46 Å². The number of benzene rings is 2. The molecule has 0 spiro atoms. The van der Waals surface area contributed by atoms with Gasteiger partial charge in [-0.15, -0.1) is 0 Å². The SMILES string of the molecule is O=C(O)COc1cccc2c1CCCCC2NS(=O)(=O)c1cc(F)cc(C(F)(F)F)c1. The fraction of sp³-hybridized carbons (Fsp3) is 0.350. The van der Waals surface area contributed by atoms with Gasteiger partial charge in [0.2, 0.25) is 10.0 Å². The second kappa shape index (κ2) is 8.83. The van der Waals surface area contributed by atoms with E-state index in [0.29, 0.717) is 54.7 Å². The highest BCUT2D eigenvalue weighted by atomic mass is 32.2. The minimum atomic E-state index is -4.91. The van der Waals surface area contributed by atoms with Crippen molar-refractivity contribution in [2.75, 3.05) is 6.61 Å². The molecule has 3 rings (SSSR count). The van der Waals surface area contributed by atoms with Crippen LogP contribution in [0.25, 0.3) is 0 Å². The number of carbonyl (C=O) groups is 1. The molecule has 0 aliphatic heterocycles. The van der Waals surface area contributed by atoms with Crippen molar-refractivity contribution >= 4 is 16.0 Å². The highest BCUT2D eigenvalue weighted by Crippen LogP contribution is 2.36. The van der Waals surface area contributed by atoms with Gasteiger partial charge in [-0.1, -0.05) is 18.6 Å². The summed E-state index contributed by atoms with van der Waals surface area (Å²) in [7, 11) is -4.49. The summed E-state index contributed by atoms with van der Waals surface area (Å²) in [4.78, 5) is 9.99. The Morgan fingerprint density at radius 3 is 2.61 bits per heavy atom. The van der Waals surface area contributed by atoms with Gasteiger partial charge in [0.05, 0.1) is 10.5 Å². The van der Waals surface area contributed by atoms with Crippen LogP contribution in [0, 0.1) is 5.82 Å². The molecule has 0 amide bonds. The van der Waals surface area contributed by atoms with Crippen LogP contribution in [-0.4, -0.2) is 26.1 Å². The molecule has 0 aromatic heterocycles. The van der Waals surface area contributed by atoms with Gasteiger partial charge < -0.3 is 9.84 Å². The summed E-state index contributed by atoms with van der Waals surface area (Å²) in [6, 6.07) is 5.14. The predicted molar refractivity (Wildman–Crippen MR) is 102 cm³/mol. The molecule has 1 unspecified atom stereocenters. The number of nitrogens with one attached hydrogen (secondary N) is 1. The van der Waals surface area contributed by atoms with E-state index in [4.69, 9.17) is 9.84 Å². The van der Waals surface area contributed by atoms with Gasteiger partial charge >= 0.3 is 12.1 Å². The van der Waals surface area contributed by atoms with Gasteiger partial charge in [0.1, 0.15) is 11.6 Å². The number of aliphatic carboxylic acids is 1. The van der Waals surface area contributed by atoms with E-state index in [-0.39, 0.29) is 6.07 Å². The van der Waals surface area contributed by atoms with Gasteiger partial charge in [0.15, 0.2) is 6.61 Å². The van der Waals surface area contributed by atoms with Gasteiger partial charge in [0.25, 0.3) is 0 Å². The maximum atomic E-state index is 13.7. The van der Waals surface area contributed by atoms with Crippen LogP contribution in [0.1, 0.15) is 42.0 Å². The molecule has 1 atom stereocenters. The Bertz CT molecular complexity index is 1090. The molecule has 1 aliphatic rings. The number of rotatable bonds is 6. The first-order valence-electron chi connectivity index (χ1n) is 9.34. The number of hydrogen-bond donors (Lipinski definition) is 2. The minimum absolute atomic E-state index is 0.228. The summed E-state index contributed by atoms with van der Waals surface area (Å²) < 4.78 is 85.9. The lowest BCUT2D eigenvalue weighted by molar-refractivity contribution is -0.139. The Labute approximate surface area is 175 Å². The van der Waals surface area contributed by atoms with Crippen LogP contribution >= 0.6 is 0 Å². The molecule has 0 fully saturated rings. The normalized spacial score (nSPS) is 17.0. The summed E-state index contributed by atoms with van der Waals surface area (Å²) in [5.74, 6) is -2.19. The van der Waals surface area contributed by atoms with Gasteiger partial charge in [-0.25, -0.2) is 22.3 Å². The third kappa shape index (κ3) is 5.53. The van der Waals surface area contributed by atoms with Gasteiger partial charge in [-0.05, 0) is 54.7 Å². The summed E-state index contributed by atoms with van der Waals surface area (Å²) in [5.41, 5.74) is -0.237. The van der Waals surface area contributed by atoms with Crippen LogP contribution in [0.2, 0.25) is 0 Å². The van der Waals surface area contributed by atoms with Gasteiger partial charge in [-0.3, -0.25) is 0 Å². The quantitative estimate of drug-likeness (QED) is 0.500. The molecular weight excluding hydrogens is 442 g/mol. The zero-order chi connectivity index (χ0) is 22.8. The Morgan fingerprint density at radius 1 is 1.19 bits per heavy atom. The summed E-state index contributed by atoms with van der Waals surface area (Å²) in [6.45, 7) is -0.573. The molecule has 0 bridgehead atoms. The van der Waals surface area contributed by atoms with Crippen LogP contribution in [-0.2, 0) is 27.4 Å². The molecule has 2 aromatic rings. The van der Waals surface area contributed by atoms with Crippen LogP contribution in [0.3, 0.4) is 0 Å². The molecule has 0 saturated heterocycles. The Kier molecular flexibility index (Phi) is 6.56. The molecule has 168 valence electrons. The number of carboxylic acids is 1. The fourth-order valence-corrected chi connectivity index (χ4v) is 4.82. The first kappa shape index (κ1) is 23.0. The molecule has 0 saturated carbocycles. The first-order valence-corrected chi connectivity index (χ1v) is 10.8. The highest BCUT2D eigenvalue weighted by molar-refractivity contribution is 7.89. The first-order chi connectivity index (χ1) is 14.5. The topological polar surface area (TPSA) is 92.7 Å². The molecule has 1 aliphatic carbocycles. The highest BCUT2D eigenvalue weighted by Gasteiger charge is 2.34. The molecule has 2 N–H and O–H groups in total. The van der Waals surface area contributed by atoms with Crippen molar-refractivity contribution in [3.8, 4) is 5.75 Å². The van der Waals surface area contributed by atoms with E-state index >= 15 is 0 Å². The molecule has 0 heterocycles. The number of ether oxygens (including phenoxy) is 1. The van der Waals surface area contributed by atoms with E-state index in [0.717, 1.165) is 0 Å². The lowest BCUT2D eigenvalue weighted by atomic mass is 9.99. The monoisotopic (exact) mass is 461 g/mol. The molecule has 31 heavy (non-hydrogen) atoms. The Morgan fingerprint density at radius 2 is 1.94 bits per heavy atom. The van der Waals surface area contributed by atoms with E-state index in [2.05, 4.69) is 4.72 Å². The maximum Gasteiger partial charge on any atom is 0.416 e. The van der Waals surface area contributed by atoms with Crippen molar-refractivity contribution < 1.29 is 40.6 Å². The number of hydrogen-bond acceptors (Lipinski definition) is 4. The second-order valence-corrected chi connectivity index (χ2v) is 8.81.